The number of rotatable bonds is 4. The van der Waals surface area contributed by atoms with Crippen molar-refractivity contribution in [2.24, 2.45) is 5.73 Å². The van der Waals surface area contributed by atoms with Gasteiger partial charge in [0.2, 0.25) is 5.91 Å². The number of anilines is 1. The molecule has 0 aliphatic heterocycles. The predicted octanol–water partition coefficient (Wildman–Crippen LogP) is 1.69. The van der Waals surface area contributed by atoms with E-state index < -0.39 is 5.76 Å². The van der Waals surface area contributed by atoms with E-state index >= 15 is 0 Å². The standard InChI is InChI=1S/C16H15N3O3/c17-9-11-4-3-5-12(8-11)18-15(20)10-19-13-6-1-2-7-14(13)22-16(19)21/h1-8H,9-10,17H2,(H,18,20). The lowest BCUT2D eigenvalue weighted by Crippen LogP contribution is -2.24. The zero-order valence-electron chi connectivity index (χ0n) is 11.8. The van der Waals surface area contributed by atoms with Crippen LogP contribution in [0.2, 0.25) is 0 Å². The predicted molar refractivity (Wildman–Crippen MR) is 83.4 cm³/mol. The van der Waals surface area contributed by atoms with Crippen LogP contribution >= 0.6 is 0 Å². The number of nitrogens with zero attached hydrogens (tertiary/aromatic N) is 1. The first-order valence-corrected chi connectivity index (χ1v) is 6.84. The molecule has 0 saturated carbocycles. The van der Waals surface area contributed by atoms with Crippen molar-refractivity contribution in [3.63, 3.8) is 0 Å². The van der Waals surface area contributed by atoms with Crippen LogP contribution < -0.4 is 16.8 Å². The third kappa shape index (κ3) is 2.77. The Morgan fingerprint density at radius 1 is 1.18 bits per heavy atom. The van der Waals surface area contributed by atoms with Crippen molar-refractivity contribution in [2.75, 3.05) is 5.32 Å². The van der Waals surface area contributed by atoms with Gasteiger partial charge in [-0.25, -0.2) is 4.79 Å². The number of para-hydroxylation sites is 2. The first-order valence-electron chi connectivity index (χ1n) is 6.84. The normalized spacial score (nSPS) is 10.8. The second-order valence-electron chi connectivity index (χ2n) is 4.87. The Hall–Kier alpha value is -2.86. The number of hydrogen-bond acceptors (Lipinski definition) is 4. The summed E-state index contributed by atoms with van der Waals surface area (Å²) < 4.78 is 6.40. The molecule has 6 nitrogen and oxygen atoms in total. The number of carbonyl (C=O) groups excluding carboxylic acids is 1. The van der Waals surface area contributed by atoms with E-state index in [1.165, 1.54) is 4.57 Å². The number of nitrogens with one attached hydrogen (secondary N) is 1. The van der Waals surface area contributed by atoms with Crippen LogP contribution in [0, 0.1) is 0 Å². The van der Waals surface area contributed by atoms with Crippen LogP contribution in [0.25, 0.3) is 11.1 Å². The molecule has 0 atom stereocenters. The van der Waals surface area contributed by atoms with Gasteiger partial charge in [0.05, 0.1) is 5.52 Å². The third-order valence-corrected chi connectivity index (χ3v) is 3.32. The summed E-state index contributed by atoms with van der Waals surface area (Å²) in [5.41, 5.74) is 8.20. The molecule has 2 aromatic carbocycles. The molecule has 1 heterocycles. The van der Waals surface area contributed by atoms with Gasteiger partial charge in [0.25, 0.3) is 0 Å². The number of nitrogens with two attached hydrogens (primary N) is 1. The van der Waals surface area contributed by atoms with Gasteiger partial charge in [-0.05, 0) is 29.8 Å². The van der Waals surface area contributed by atoms with Crippen LogP contribution in [0.15, 0.2) is 57.7 Å². The van der Waals surface area contributed by atoms with Crippen molar-refractivity contribution < 1.29 is 9.21 Å². The first-order chi connectivity index (χ1) is 10.7. The molecule has 3 N–H and O–H groups in total. The maximum Gasteiger partial charge on any atom is 0.420 e. The van der Waals surface area contributed by atoms with Gasteiger partial charge in [-0.15, -0.1) is 0 Å². The van der Waals surface area contributed by atoms with Crippen molar-refractivity contribution >= 4 is 22.7 Å². The zero-order chi connectivity index (χ0) is 15.5. The molecular formula is C16H15N3O3. The Balaban J connectivity index is 1.81. The molecular weight excluding hydrogens is 282 g/mol. The van der Waals surface area contributed by atoms with Gasteiger partial charge >= 0.3 is 5.76 Å². The lowest BCUT2D eigenvalue weighted by molar-refractivity contribution is -0.116. The van der Waals surface area contributed by atoms with Crippen LogP contribution in [0.5, 0.6) is 0 Å². The molecule has 3 aromatic rings. The topological polar surface area (TPSA) is 90.3 Å². The molecule has 3 rings (SSSR count). The monoisotopic (exact) mass is 297 g/mol. The van der Waals surface area contributed by atoms with Gasteiger partial charge in [0.15, 0.2) is 5.58 Å². The summed E-state index contributed by atoms with van der Waals surface area (Å²) in [7, 11) is 0. The number of carbonyl (C=O) groups is 1. The van der Waals surface area contributed by atoms with Gasteiger partial charge < -0.3 is 15.5 Å². The minimum absolute atomic E-state index is 0.108. The number of oxazole rings is 1. The maximum absolute atomic E-state index is 12.1. The van der Waals surface area contributed by atoms with Gasteiger partial charge in [0.1, 0.15) is 6.54 Å². The Bertz CT molecular complexity index is 879. The van der Waals surface area contributed by atoms with Gasteiger partial charge in [-0.3, -0.25) is 9.36 Å². The second-order valence-corrected chi connectivity index (χ2v) is 4.87. The van der Waals surface area contributed by atoms with Crippen molar-refractivity contribution in [3.05, 3.63) is 64.6 Å². The largest absolute Gasteiger partial charge is 0.420 e. The Labute approximate surface area is 126 Å². The highest BCUT2D eigenvalue weighted by atomic mass is 16.4. The minimum Gasteiger partial charge on any atom is -0.408 e. The van der Waals surface area contributed by atoms with E-state index in [4.69, 9.17) is 10.2 Å². The summed E-state index contributed by atoms with van der Waals surface area (Å²) in [4.78, 5) is 24.0. The molecule has 22 heavy (non-hydrogen) atoms. The molecule has 0 radical (unpaired) electrons. The van der Waals surface area contributed by atoms with Gasteiger partial charge in [0, 0.05) is 12.2 Å². The molecule has 0 spiro atoms. The van der Waals surface area contributed by atoms with E-state index in [0.29, 0.717) is 23.3 Å². The Morgan fingerprint density at radius 2 is 2.00 bits per heavy atom. The highest BCUT2D eigenvalue weighted by molar-refractivity contribution is 5.91. The SMILES string of the molecule is NCc1cccc(NC(=O)Cn2c(=O)oc3ccccc32)c1. The van der Waals surface area contributed by atoms with Gasteiger partial charge in [-0.2, -0.15) is 0 Å². The quantitative estimate of drug-likeness (QED) is 0.766. The van der Waals surface area contributed by atoms with Crippen LogP contribution in [-0.2, 0) is 17.9 Å². The summed E-state index contributed by atoms with van der Waals surface area (Å²) in [5.74, 6) is -0.852. The highest BCUT2D eigenvalue weighted by Gasteiger charge is 2.12. The van der Waals surface area contributed by atoms with E-state index in [0.717, 1.165) is 5.56 Å². The number of benzene rings is 2. The zero-order valence-corrected chi connectivity index (χ0v) is 11.8. The minimum atomic E-state index is -0.549. The van der Waals surface area contributed by atoms with E-state index in [9.17, 15) is 9.59 Å². The van der Waals surface area contributed by atoms with Crippen LogP contribution in [0.3, 0.4) is 0 Å². The van der Waals surface area contributed by atoms with Crippen molar-refractivity contribution in [3.8, 4) is 0 Å². The second kappa shape index (κ2) is 5.87. The summed E-state index contributed by atoms with van der Waals surface area (Å²) in [6.07, 6.45) is 0. The fraction of sp³-hybridized carbons (Fsp3) is 0.125. The lowest BCUT2D eigenvalue weighted by atomic mass is 10.2. The molecule has 112 valence electrons. The molecule has 1 amide bonds. The average Bonchev–Trinajstić information content (AvgIpc) is 2.83. The van der Waals surface area contributed by atoms with E-state index in [1.807, 2.05) is 12.1 Å². The van der Waals surface area contributed by atoms with Crippen LogP contribution in [0.4, 0.5) is 5.69 Å². The van der Waals surface area contributed by atoms with Crippen LogP contribution in [-0.4, -0.2) is 10.5 Å². The van der Waals surface area contributed by atoms with Crippen molar-refractivity contribution in [2.45, 2.75) is 13.1 Å². The number of aromatic nitrogens is 1. The molecule has 1 aromatic heterocycles. The smallest absolute Gasteiger partial charge is 0.408 e. The average molecular weight is 297 g/mol. The molecule has 0 aliphatic rings. The fourth-order valence-corrected chi connectivity index (χ4v) is 2.28. The van der Waals surface area contributed by atoms with Crippen LogP contribution in [0.1, 0.15) is 5.56 Å². The Morgan fingerprint density at radius 3 is 2.82 bits per heavy atom. The van der Waals surface area contributed by atoms with Crippen molar-refractivity contribution in [1.82, 2.24) is 4.57 Å². The molecule has 0 fully saturated rings. The summed E-state index contributed by atoms with van der Waals surface area (Å²) in [6.45, 7) is 0.290. The molecule has 0 unspecified atom stereocenters. The lowest BCUT2D eigenvalue weighted by Gasteiger charge is -2.07. The van der Waals surface area contributed by atoms with Crippen molar-refractivity contribution in [1.29, 1.82) is 0 Å². The van der Waals surface area contributed by atoms with E-state index in [1.54, 1.807) is 36.4 Å². The molecule has 0 saturated heterocycles. The summed E-state index contributed by atoms with van der Waals surface area (Å²) in [6, 6.07) is 14.3. The number of hydrogen-bond donors (Lipinski definition) is 2. The third-order valence-electron chi connectivity index (χ3n) is 3.32. The van der Waals surface area contributed by atoms with E-state index in [-0.39, 0.29) is 12.5 Å². The summed E-state index contributed by atoms with van der Waals surface area (Å²) in [5, 5.41) is 2.75. The number of amides is 1. The maximum atomic E-state index is 12.1. The van der Waals surface area contributed by atoms with Gasteiger partial charge in [-0.1, -0.05) is 24.3 Å². The molecule has 6 heteroatoms. The summed E-state index contributed by atoms with van der Waals surface area (Å²) >= 11 is 0. The Kier molecular flexibility index (Phi) is 3.76. The fourth-order valence-electron chi connectivity index (χ4n) is 2.28. The highest BCUT2D eigenvalue weighted by Crippen LogP contribution is 2.13. The molecule has 0 aliphatic carbocycles. The molecule has 0 bridgehead atoms. The first kappa shape index (κ1) is 14.1. The van der Waals surface area contributed by atoms with E-state index in [2.05, 4.69) is 5.32 Å². The number of fused-ring (bicyclic) bond motifs is 1.